The van der Waals surface area contributed by atoms with Crippen LogP contribution in [0.3, 0.4) is 0 Å². The minimum absolute atomic E-state index is 0.696. The van der Waals surface area contributed by atoms with Gasteiger partial charge in [0, 0.05) is 31.2 Å². The number of nitrogens with one attached hydrogen (secondary N) is 1. The Kier molecular flexibility index (Phi) is 6.52. The maximum Gasteiger partial charge on any atom is 0.123 e. The third kappa shape index (κ3) is 5.01. The molecule has 3 nitrogen and oxygen atoms in total. The normalized spacial score (nSPS) is 23.2. The second-order valence-electron chi connectivity index (χ2n) is 6.26. The minimum Gasteiger partial charge on any atom is -0.492 e. The summed E-state index contributed by atoms with van der Waals surface area (Å²) >= 11 is 0. The van der Waals surface area contributed by atoms with Crippen molar-refractivity contribution in [3.8, 4) is 5.75 Å². The summed E-state index contributed by atoms with van der Waals surface area (Å²) in [6.45, 7) is 11.7. The Morgan fingerprint density at radius 3 is 2.86 bits per heavy atom. The third-order valence-corrected chi connectivity index (χ3v) is 4.42. The number of ether oxygens (including phenoxy) is 1. The number of piperidine rings is 1. The van der Waals surface area contributed by atoms with Crippen LogP contribution in [-0.2, 0) is 6.54 Å². The van der Waals surface area contributed by atoms with Gasteiger partial charge in [-0.1, -0.05) is 32.0 Å². The van der Waals surface area contributed by atoms with Crippen molar-refractivity contribution in [1.82, 2.24) is 10.2 Å². The van der Waals surface area contributed by atoms with Crippen molar-refractivity contribution >= 4 is 0 Å². The molecule has 1 aromatic rings. The summed E-state index contributed by atoms with van der Waals surface area (Å²) in [6, 6.07) is 9.05. The average molecular weight is 290 g/mol. The van der Waals surface area contributed by atoms with Crippen LogP contribution in [0, 0.1) is 5.92 Å². The fourth-order valence-electron chi connectivity index (χ4n) is 3.01. The Bertz CT molecular complexity index is 421. The van der Waals surface area contributed by atoms with Gasteiger partial charge in [0.05, 0.1) is 0 Å². The molecule has 1 N–H and O–H groups in total. The first-order valence-corrected chi connectivity index (χ1v) is 8.36. The molecule has 1 aliphatic heterocycles. The zero-order chi connectivity index (χ0) is 15.1. The second kappa shape index (κ2) is 8.40. The molecule has 0 saturated carbocycles. The van der Waals surface area contributed by atoms with Gasteiger partial charge >= 0.3 is 0 Å². The van der Waals surface area contributed by atoms with E-state index in [1.54, 1.807) is 0 Å². The molecule has 0 radical (unpaired) electrons. The van der Waals surface area contributed by atoms with Gasteiger partial charge in [-0.3, -0.25) is 4.90 Å². The first kappa shape index (κ1) is 16.3. The Balaban J connectivity index is 1.82. The standard InChI is InChI=1S/C18H30N2O/c1-4-19-13-17-7-5-6-8-18(17)21-12-11-20-14-15(2)9-10-16(20)3/h5-8,15-16,19H,4,9-14H2,1-3H3. The number of hydrogen-bond acceptors (Lipinski definition) is 3. The van der Waals surface area contributed by atoms with Crippen LogP contribution >= 0.6 is 0 Å². The lowest BCUT2D eigenvalue weighted by molar-refractivity contribution is 0.105. The number of hydrogen-bond donors (Lipinski definition) is 1. The molecule has 1 fully saturated rings. The summed E-state index contributed by atoms with van der Waals surface area (Å²) in [7, 11) is 0. The lowest BCUT2D eigenvalue weighted by atomic mass is 9.95. The van der Waals surface area contributed by atoms with Crippen molar-refractivity contribution in [3.63, 3.8) is 0 Å². The van der Waals surface area contributed by atoms with Gasteiger partial charge in [-0.15, -0.1) is 0 Å². The third-order valence-electron chi connectivity index (χ3n) is 4.42. The van der Waals surface area contributed by atoms with E-state index in [1.807, 2.05) is 0 Å². The van der Waals surface area contributed by atoms with E-state index in [-0.39, 0.29) is 0 Å². The molecule has 1 aromatic carbocycles. The van der Waals surface area contributed by atoms with E-state index >= 15 is 0 Å². The molecule has 1 saturated heterocycles. The number of para-hydroxylation sites is 1. The maximum absolute atomic E-state index is 6.04. The van der Waals surface area contributed by atoms with E-state index in [2.05, 4.69) is 55.3 Å². The number of rotatable bonds is 7. The molecule has 1 aliphatic rings. The molecule has 1 heterocycles. The van der Waals surface area contributed by atoms with E-state index in [0.717, 1.165) is 37.9 Å². The minimum atomic E-state index is 0.696. The first-order valence-electron chi connectivity index (χ1n) is 8.36. The van der Waals surface area contributed by atoms with E-state index in [0.29, 0.717) is 6.04 Å². The summed E-state index contributed by atoms with van der Waals surface area (Å²) < 4.78 is 6.04. The van der Waals surface area contributed by atoms with Gasteiger partial charge in [0.1, 0.15) is 12.4 Å². The van der Waals surface area contributed by atoms with Crippen LogP contribution in [0.25, 0.3) is 0 Å². The lowest BCUT2D eigenvalue weighted by Gasteiger charge is -2.36. The zero-order valence-corrected chi connectivity index (χ0v) is 13.8. The zero-order valence-electron chi connectivity index (χ0n) is 13.8. The van der Waals surface area contributed by atoms with Gasteiger partial charge in [-0.2, -0.15) is 0 Å². The molecule has 0 amide bonds. The van der Waals surface area contributed by atoms with Gasteiger partial charge in [-0.25, -0.2) is 0 Å². The van der Waals surface area contributed by atoms with Gasteiger partial charge in [-0.05, 0) is 38.3 Å². The Hall–Kier alpha value is -1.06. The molecule has 0 spiro atoms. The topological polar surface area (TPSA) is 24.5 Å². The highest BCUT2D eigenvalue weighted by atomic mass is 16.5. The van der Waals surface area contributed by atoms with Crippen LogP contribution in [0.4, 0.5) is 0 Å². The summed E-state index contributed by atoms with van der Waals surface area (Å²) in [5.74, 6) is 1.85. The van der Waals surface area contributed by atoms with Crippen LogP contribution in [0.5, 0.6) is 5.75 Å². The molecule has 0 aliphatic carbocycles. The summed E-state index contributed by atoms with van der Waals surface area (Å²) in [5.41, 5.74) is 1.25. The molecular weight excluding hydrogens is 260 g/mol. The lowest BCUT2D eigenvalue weighted by Crippen LogP contribution is -2.43. The van der Waals surface area contributed by atoms with E-state index in [9.17, 15) is 0 Å². The average Bonchev–Trinajstić information content (AvgIpc) is 2.50. The molecule has 0 aromatic heterocycles. The molecule has 118 valence electrons. The molecule has 21 heavy (non-hydrogen) atoms. The van der Waals surface area contributed by atoms with Gasteiger partial charge in [0.2, 0.25) is 0 Å². The largest absolute Gasteiger partial charge is 0.492 e. The van der Waals surface area contributed by atoms with Gasteiger partial charge < -0.3 is 10.1 Å². The molecule has 3 heteroatoms. The molecule has 2 atom stereocenters. The van der Waals surface area contributed by atoms with Crippen molar-refractivity contribution in [1.29, 1.82) is 0 Å². The monoisotopic (exact) mass is 290 g/mol. The smallest absolute Gasteiger partial charge is 0.123 e. The van der Waals surface area contributed by atoms with Crippen LogP contribution in [0.2, 0.25) is 0 Å². The SMILES string of the molecule is CCNCc1ccccc1OCCN1CC(C)CCC1C. The molecule has 2 rings (SSSR count). The number of nitrogens with zero attached hydrogens (tertiary/aromatic N) is 1. The highest BCUT2D eigenvalue weighted by Gasteiger charge is 2.22. The van der Waals surface area contributed by atoms with Crippen molar-refractivity contribution in [2.75, 3.05) is 26.2 Å². The van der Waals surface area contributed by atoms with Gasteiger partial charge in [0.25, 0.3) is 0 Å². The van der Waals surface area contributed by atoms with Crippen LogP contribution in [0.1, 0.15) is 39.2 Å². The maximum atomic E-state index is 6.04. The highest BCUT2D eigenvalue weighted by Crippen LogP contribution is 2.22. The van der Waals surface area contributed by atoms with Crippen LogP contribution < -0.4 is 10.1 Å². The molecular formula is C18H30N2O. The summed E-state index contributed by atoms with van der Waals surface area (Å²) in [6.07, 6.45) is 2.68. The quantitative estimate of drug-likeness (QED) is 0.834. The van der Waals surface area contributed by atoms with Crippen molar-refractivity contribution in [3.05, 3.63) is 29.8 Å². The number of benzene rings is 1. The van der Waals surface area contributed by atoms with Gasteiger partial charge in [0.15, 0.2) is 0 Å². The Labute approximate surface area is 129 Å². The van der Waals surface area contributed by atoms with Crippen LogP contribution in [-0.4, -0.2) is 37.2 Å². The second-order valence-corrected chi connectivity index (χ2v) is 6.26. The van der Waals surface area contributed by atoms with E-state index in [4.69, 9.17) is 4.74 Å². The fraction of sp³-hybridized carbons (Fsp3) is 0.667. The Morgan fingerprint density at radius 1 is 1.24 bits per heavy atom. The molecule has 2 unspecified atom stereocenters. The fourth-order valence-corrected chi connectivity index (χ4v) is 3.01. The summed E-state index contributed by atoms with van der Waals surface area (Å²) in [5, 5.41) is 3.37. The van der Waals surface area contributed by atoms with E-state index < -0.39 is 0 Å². The van der Waals surface area contributed by atoms with Crippen molar-refractivity contribution in [2.24, 2.45) is 5.92 Å². The van der Waals surface area contributed by atoms with Crippen molar-refractivity contribution < 1.29 is 4.74 Å². The van der Waals surface area contributed by atoms with E-state index in [1.165, 1.54) is 24.9 Å². The number of likely N-dealkylation sites (tertiary alicyclic amines) is 1. The summed E-state index contributed by atoms with van der Waals surface area (Å²) in [4.78, 5) is 2.57. The first-order chi connectivity index (χ1) is 10.2. The van der Waals surface area contributed by atoms with Crippen LogP contribution in [0.15, 0.2) is 24.3 Å². The Morgan fingerprint density at radius 2 is 2.05 bits per heavy atom. The van der Waals surface area contributed by atoms with Crippen molar-refractivity contribution in [2.45, 2.75) is 46.2 Å². The predicted octanol–water partition coefficient (Wildman–Crippen LogP) is 3.30. The highest BCUT2D eigenvalue weighted by molar-refractivity contribution is 5.33. The predicted molar refractivity (Wildman–Crippen MR) is 88.8 cm³/mol. The molecule has 0 bridgehead atoms.